The standard InChI is InChI=1S/C13H20O2S/c1-5-10(2)11(3)12-6-8-13(9-7-12)16(4,14)15/h6-11H,5H2,1-4H3. The molecule has 2 atom stereocenters. The third kappa shape index (κ3) is 3.08. The molecule has 0 amide bonds. The van der Waals surface area contributed by atoms with Crippen LogP contribution in [0.15, 0.2) is 29.2 Å². The Labute approximate surface area is 98.6 Å². The summed E-state index contributed by atoms with van der Waals surface area (Å²) in [4.78, 5) is 0.396. The quantitative estimate of drug-likeness (QED) is 0.809. The van der Waals surface area contributed by atoms with Gasteiger partial charge in [-0.1, -0.05) is 39.3 Å². The van der Waals surface area contributed by atoms with Crippen molar-refractivity contribution in [2.24, 2.45) is 5.92 Å². The Morgan fingerprint density at radius 2 is 1.62 bits per heavy atom. The molecule has 0 aliphatic carbocycles. The molecule has 0 spiro atoms. The van der Waals surface area contributed by atoms with E-state index in [1.54, 1.807) is 12.1 Å². The fourth-order valence-corrected chi connectivity index (χ4v) is 2.33. The molecule has 0 aromatic heterocycles. The van der Waals surface area contributed by atoms with Crippen LogP contribution in [0.3, 0.4) is 0 Å². The smallest absolute Gasteiger partial charge is 0.175 e. The highest BCUT2D eigenvalue weighted by atomic mass is 32.2. The maximum atomic E-state index is 11.3. The Hall–Kier alpha value is -0.830. The molecule has 3 heteroatoms. The first-order valence-electron chi connectivity index (χ1n) is 5.66. The van der Waals surface area contributed by atoms with Crippen molar-refractivity contribution < 1.29 is 8.42 Å². The summed E-state index contributed by atoms with van der Waals surface area (Å²) in [7, 11) is -3.07. The van der Waals surface area contributed by atoms with Crippen molar-refractivity contribution in [3.05, 3.63) is 29.8 Å². The molecule has 0 saturated carbocycles. The first kappa shape index (κ1) is 13.2. The Bertz CT molecular complexity index is 432. The maximum absolute atomic E-state index is 11.3. The summed E-state index contributed by atoms with van der Waals surface area (Å²) in [5.41, 5.74) is 1.21. The van der Waals surface area contributed by atoms with Gasteiger partial charge < -0.3 is 0 Å². The predicted octanol–water partition coefficient (Wildman–Crippen LogP) is 3.24. The van der Waals surface area contributed by atoms with Gasteiger partial charge in [0.15, 0.2) is 9.84 Å². The first-order valence-corrected chi connectivity index (χ1v) is 7.55. The van der Waals surface area contributed by atoms with Crippen LogP contribution in [0.25, 0.3) is 0 Å². The molecule has 0 fully saturated rings. The monoisotopic (exact) mass is 240 g/mol. The van der Waals surface area contributed by atoms with Crippen molar-refractivity contribution in [2.75, 3.05) is 6.26 Å². The van der Waals surface area contributed by atoms with Crippen molar-refractivity contribution >= 4 is 9.84 Å². The molecule has 0 radical (unpaired) electrons. The average Bonchev–Trinajstić information content (AvgIpc) is 2.26. The summed E-state index contributed by atoms with van der Waals surface area (Å²) in [6.07, 6.45) is 2.37. The number of hydrogen-bond donors (Lipinski definition) is 0. The van der Waals surface area contributed by atoms with Gasteiger partial charge in [-0.25, -0.2) is 8.42 Å². The van der Waals surface area contributed by atoms with Crippen molar-refractivity contribution in [1.29, 1.82) is 0 Å². The van der Waals surface area contributed by atoms with Gasteiger partial charge in [-0.2, -0.15) is 0 Å². The van der Waals surface area contributed by atoms with E-state index in [1.807, 2.05) is 12.1 Å². The molecule has 0 aliphatic heterocycles. The van der Waals surface area contributed by atoms with Crippen LogP contribution in [0.4, 0.5) is 0 Å². The van der Waals surface area contributed by atoms with Gasteiger partial charge in [0.25, 0.3) is 0 Å². The zero-order valence-corrected chi connectivity index (χ0v) is 11.2. The molecule has 2 unspecified atom stereocenters. The largest absolute Gasteiger partial charge is 0.224 e. The molecule has 0 aliphatic rings. The van der Waals surface area contributed by atoms with E-state index < -0.39 is 9.84 Å². The van der Waals surface area contributed by atoms with E-state index in [-0.39, 0.29) is 0 Å². The summed E-state index contributed by atoms with van der Waals surface area (Å²) in [6.45, 7) is 6.57. The summed E-state index contributed by atoms with van der Waals surface area (Å²) < 4.78 is 22.6. The minimum Gasteiger partial charge on any atom is -0.224 e. The molecule has 0 saturated heterocycles. The van der Waals surface area contributed by atoms with E-state index in [1.165, 1.54) is 11.8 Å². The van der Waals surface area contributed by atoms with E-state index in [0.29, 0.717) is 16.7 Å². The van der Waals surface area contributed by atoms with E-state index in [9.17, 15) is 8.42 Å². The van der Waals surface area contributed by atoms with Crippen LogP contribution >= 0.6 is 0 Å². The van der Waals surface area contributed by atoms with Crippen molar-refractivity contribution in [3.63, 3.8) is 0 Å². The second-order valence-corrected chi connectivity index (χ2v) is 6.53. The lowest BCUT2D eigenvalue weighted by atomic mass is 9.87. The zero-order valence-electron chi connectivity index (χ0n) is 10.4. The number of benzene rings is 1. The molecule has 90 valence electrons. The molecular weight excluding hydrogens is 220 g/mol. The number of hydrogen-bond acceptors (Lipinski definition) is 2. The topological polar surface area (TPSA) is 34.1 Å². The fourth-order valence-electron chi connectivity index (χ4n) is 1.70. The van der Waals surface area contributed by atoms with Gasteiger partial charge in [0.1, 0.15) is 0 Å². The summed E-state index contributed by atoms with van der Waals surface area (Å²) in [6, 6.07) is 7.24. The van der Waals surface area contributed by atoms with Crippen LogP contribution in [0.2, 0.25) is 0 Å². The minimum atomic E-state index is -3.07. The van der Waals surface area contributed by atoms with E-state index >= 15 is 0 Å². The number of rotatable bonds is 4. The Morgan fingerprint density at radius 3 is 2.00 bits per heavy atom. The Kier molecular flexibility index (Phi) is 4.14. The first-order chi connectivity index (χ1) is 7.36. The van der Waals surface area contributed by atoms with Crippen molar-refractivity contribution in [1.82, 2.24) is 0 Å². The van der Waals surface area contributed by atoms with Crippen molar-refractivity contribution in [3.8, 4) is 0 Å². The highest BCUT2D eigenvalue weighted by molar-refractivity contribution is 7.90. The van der Waals surface area contributed by atoms with Gasteiger partial charge in [0, 0.05) is 6.26 Å². The van der Waals surface area contributed by atoms with Crippen LogP contribution in [0.1, 0.15) is 38.7 Å². The lowest BCUT2D eigenvalue weighted by molar-refractivity contribution is 0.473. The highest BCUT2D eigenvalue weighted by Gasteiger charge is 2.13. The van der Waals surface area contributed by atoms with Gasteiger partial charge in [0.2, 0.25) is 0 Å². The lowest BCUT2D eigenvalue weighted by Gasteiger charge is -2.18. The molecule has 1 aromatic rings. The van der Waals surface area contributed by atoms with Gasteiger partial charge in [0.05, 0.1) is 4.90 Å². The molecule has 16 heavy (non-hydrogen) atoms. The third-order valence-corrected chi connectivity index (χ3v) is 4.46. The van der Waals surface area contributed by atoms with E-state index in [2.05, 4.69) is 20.8 Å². The molecule has 1 aromatic carbocycles. The summed E-state index contributed by atoms with van der Waals surface area (Å²) >= 11 is 0. The van der Waals surface area contributed by atoms with Crippen LogP contribution in [-0.2, 0) is 9.84 Å². The normalized spacial score (nSPS) is 15.8. The minimum absolute atomic E-state index is 0.396. The van der Waals surface area contributed by atoms with Gasteiger partial charge in [-0.15, -0.1) is 0 Å². The van der Waals surface area contributed by atoms with Crippen LogP contribution in [-0.4, -0.2) is 14.7 Å². The molecule has 0 heterocycles. The van der Waals surface area contributed by atoms with Crippen molar-refractivity contribution in [2.45, 2.75) is 38.0 Å². The second-order valence-electron chi connectivity index (χ2n) is 4.52. The summed E-state index contributed by atoms with van der Waals surface area (Å²) in [5.74, 6) is 1.09. The van der Waals surface area contributed by atoms with E-state index in [0.717, 1.165) is 6.42 Å². The molecule has 0 N–H and O–H groups in total. The van der Waals surface area contributed by atoms with E-state index in [4.69, 9.17) is 0 Å². The molecule has 0 bridgehead atoms. The third-order valence-electron chi connectivity index (χ3n) is 3.33. The van der Waals surface area contributed by atoms with Gasteiger partial charge in [-0.3, -0.25) is 0 Å². The van der Waals surface area contributed by atoms with Crippen LogP contribution in [0, 0.1) is 5.92 Å². The zero-order chi connectivity index (χ0) is 12.3. The molecule has 1 rings (SSSR count). The fraction of sp³-hybridized carbons (Fsp3) is 0.538. The average molecular weight is 240 g/mol. The predicted molar refractivity (Wildman–Crippen MR) is 67.4 cm³/mol. The van der Waals surface area contributed by atoms with Gasteiger partial charge in [-0.05, 0) is 29.5 Å². The SMILES string of the molecule is CCC(C)C(C)c1ccc(S(C)(=O)=O)cc1. The maximum Gasteiger partial charge on any atom is 0.175 e. The molecule has 2 nitrogen and oxygen atoms in total. The number of sulfone groups is 1. The summed E-state index contributed by atoms with van der Waals surface area (Å²) in [5, 5.41) is 0. The Morgan fingerprint density at radius 1 is 1.12 bits per heavy atom. The molecular formula is C13H20O2S. The van der Waals surface area contributed by atoms with Crippen LogP contribution in [0.5, 0.6) is 0 Å². The Balaban J connectivity index is 2.96. The van der Waals surface area contributed by atoms with Crippen LogP contribution < -0.4 is 0 Å². The second kappa shape index (κ2) is 5.00. The lowest BCUT2D eigenvalue weighted by Crippen LogP contribution is -2.05. The highest BCUT2D eigenvalue weighted by Crippen LogP contribution is 2.26. The van der Waals surface area contributed by atoms with Gasteiger partial charge >= 0.3 is 0 Å².